The van der Waals surface area contributed by atoms with Gasteiger partial charge in [-0.25, -0.2) is 14.1 Å². The van der Waals surface area contributed by atoms with E-state index in [0.29, 0.717) is 17.1 Å². The molecule has 1 N–H and O–H groups in total. The minimum absolute atomic E-state index is 0.0353. The Morgan fingerprint density at radius 3 is 2.27 bits per heavy atom. The van der Waals surface area contributed by atoms with Crippen molar-refractivity contribution in [2.24, 2.45) is 0 Å². The number of nitrogens with one attached hydrogen (secondary N) is 1. The maximum atomic E-state index is 13.4. The highest BCUT2D eigenvalue weighted by molar-refractivity contribution is 6.01. The average molecular weight is 400 g/mol. The Bertz CT molecular complexity index is 1150. The van der Waals surface area contributed by atoms with Crippen LogP contribution in [-0.2, 0) is 0 Å². The molecule has 0 atom stereocenters. The SMILES string of the molecule is Cc1ccc(-n2nc(C(=O)Nc3ccc(C)c(C)c3)nc2-c2ccc(F)cc2)cc1. The monoisotopic (exact) mass is 400 g/mol. The fourth-order valence-corrected chi connectivity index (χ4v) is 3.07. The second-order valence-electron chi connectivity index (χ2n) is 7.27. The first-order valence-corrected chi connectivity index (χ1v) is 9.59. The van der Waals surface area contributed by atoms with Crippen LogP contribution in [0.4, 0.5) is 10.1 Å². The van der Waals surface area contributed by atoms with Gasteiger partial charge in [0.2, 0.25) is 5.82 Å². The molecule has 0 bridgehead atoms. The lowest BCUT2D eigenvalue weighted by Gasteiger charge is -2.06. The van der Waals surface area contributed by atoms with Gasteiger partial charge in [0.15, 0.2) is 5.82 Å². The Morgan fingerprint density at radius 1 is 0.900 bits per heavy atom. The van der Waals surface area contributed by atoms with E-state index in [9.17, 15) is 9.18 Å². The molecular formula is C24H21FN4O. The maximum absolute atomic E-state index is 13.4. The molecule has 0 radical (unpaired) electrons. The summed E-state index contributed by atoms with van der Waals surface area (Å²) in [5.41, 5.74) is 5.44. The van der Waals surface area contributed by atoms with Crippen molar-refractivity contribution in [2.75, 3.05) is 5.32 Å². The lowest BCUT2D eigenvalue weighted by molar-refractivity contribution is 0.101. The topological polar surface area (TPSA) is 59.8 Å². The molecule has 150 valence electrons. The van der Waals surface area contributed by atoms with Crippen LogP contribution in [0.5, 0.6) is 0 Å². The van der Waals surface area contributed by atoms with Gasteiger partial charge >= 0.3 is 0 Å². The molecule has 0 aliphatic carbocycles. The molecule has 0 spiro atoms. The van der Waals surface area contributed by atoms with E-state index in [1.165, 1.54) is 12.1 Å². The Hall–Kier alpha value is -3.80. The maximum Gasteiger partial charge on any atom is 0.295 e. The third kappa shape index (κ3) is 3.98. The van der Waals surface area contributed by atoms with Gasteiger partial charge in [-0.3, -0.25) is 4.79 Å². The number of benzene rings is 3. The van der Waals surface area contributed by atoms with Crippen molar-refractivity contribution in [1.82, 2.24) is 14.8 Å². The molecule has 1 amide bonds. The molecule has 3 aromatic carbocycles. The number of halogens is 1. The van der Waals surface area contributed by atoms with Crippen molar-refractivity contribution in [1.29, 1.82) is 0 Å². The number of amides is 1. The number of rotatable bonds is 4. The van der Waals surface area contributed by atoms with Gasteiger partial charge in [0.05, 0.1) is 5.69 Å². The molecule has 1 heterocycles. The third-order valence-corrected chi connectivity index (χ3v) is 4.96. The van der Waals surface area contributed by atoms with E-state index in [4.69, 9.17) is 0 Å². The number of hydrogen-bond acceptors (Lipinski definition) is 3. The third-order valence-electron chi connectivity index (χ3n) is 4.96. The number of hydrogen-bond donors (Lipinski definition) is 1. The first-order chi connectivity index (χ1) is 14.4. The average Bonchev–Trinajstić information content (AvgIpc) is 3.17. The van der Waals surface area contributed by atoms with Crippen LogP contribution in [0, 0.1) is 26.6 Å². The van der Waals surface area contributed by atoms with Crippen molar-refractivity contribution >= 4 is 11.6 Å². The number of carbonyl (C=O) groups is 1. The highest BCUT2D eigenvalue weighted by atomic mass is 19.1. The summed E-state index contributed by atoms with van der Waals surface area (Å²) >= 11 is 0. The highest BCUT2D eigenvalue weighted by Crippen LogP contribution is 2.23. The molecular weight excluding hydrogens is 379 g/mol. The van der Waals surface area contributed by atoms with Crippen LogP contribution in [0.15, 0.2) is 66.7 Å². The predicted octanol–water partition coefficient (Wildman–Crippen LogP) is 5.25. The van der Waals surface area contributed by atoms with Crippen LogP contribution in [-0.4, -0.2) is 20.7 Å². The van der Waals surface area contributed by atoms with Crippen LogP contribution < -0.4 is 5.32 Å². The van der Waals surface area contributed by atoms with Crippen molar-refractivity contribution in [3.8, 4) is 17.1 Å². The summed E-state index contributed by atoms with van der Waals surface area (Å²) in [7, 11) is 0. The smallest absolute Gasteiger partial charge is 0.295 e. The summed E-state index contributed by atoms with van der Waals surface area (Å²) in [4.78, 5) is 17.3. The summed E-state index contributed by atoms with van der Waals surface area (Å²) in [6, 6.07) is 19.4. The molecule has 0 unspecified atom stereocenters. The second-order valence-corrected chi connectivity index (χ2v) is 7.27. The molecule has 0 fully saturated rings. The zero-order chi connectivity index (χ0) is 21.3. The van der Waals surface area contributed by atoms with Gasteiger partial charge in [0.1, 0.15) is 5.82 Å². The zero-order valence-electron chi connectivity index (χ0n) is 17.0. The van der Waals surface area contributed by atoms with Gasteiger partial charge < -0.3 is 5.32 Å². The molecule has 30 heavy (non-hydrogen) atoms. The first kappa shape index (κ1) is 19.5. The summed E-state index contributed by atoms with van der Waals surface area (Å²) in [6.45, 7) is 6.00. The van der Waals surface area contributed by atoms with Gasteiger partial charge in [-0.2, -0.15) is 0 Å². The van der Waals surface area contributed by atoms with E-state index in [1.807, 2.05) is 63.2 Å². The lowest BCUT2D eigenvalue weighted by atomic mass is 10.1. The van der Waals surface area contributed by atoms with Gasteiger partial charge in [0.25, 0.3) is 5.91 Å². The summed E-state index contributed by atoms with van der Waals surface area (Å²) in [5, 5.41) is 7.30. The fraction of sp³-hybridized carbons (Fsp3) is 0.125. The Balaban J connectivity index is 1.74. The largest absolute Gasteiger partial charge is 0.319 e. The van der Waals surface area contributed by atoms with E-state index in [0.717, 1.165) is 22.4 Å². The van der Waals surface area contributed by atoms with E-state index >= 15 is 0 Å². The van der Waals surface area contributed by atoms with Crippen molar-refractivity contribution in [2.45, 2.75) is 20.8 Å². The number of carbonyl (C=O) groups excluding carboxylic acids is 1. The summed E-state index contributed by atoms with van der Waals surface area (Å²) in [6.07, 6.45) is 0. The predicted molar refractivity (Wildman–Crippen MR) is 115 cm³/mol. The van der Waals surface area contributed by atoms with Crippen molar-refractivity contribution in [3.63, 3.8) is 0 Å². The van der Waals surface area contributed by atoms with Crippen LogP contribution in [0.1, 0.15) is 27.3 Å². The van der Waals surface area contributed by atoms with Crippen molar-refractivity contribution in [3.05, 3.63) is 95.1 Å². The molecule has 0 aliphatic rings. The number of aryl methyl sites for hydroxylation is 3. The molecule has 4 rings (SSSR count). The lowest BCUT2D eigenvalue weighted by Crippen LogP contribution is -2.14. The Kier molecular flexibility index (Phi) is 5.14. The normalized spacial score (nSPS) is 10.8. The standard InChI is InChI=1S/C24H21FN4O/c1-15-4-12-21(13-5-15)29-23(18-7-9-19(25)10-8-18)27-22(28-29)24(30)26-20-11-6-16(2)17(3)14-20/h4-14H,1-3H3,(H,26,30). The van der Waals surface area contributed by atoms with E-state index in [1.54, 1.807) is 16.8 Å². The van der Waals surface area contributed by atoms with Gasteiger partial charge in [-0.15, -0.1) is 5.10 Å². The minimum Gasteiger partial charge on any atom is -0.319 e. The fourth-order valence-electron chi connectivity index (χ4n) is 3.07. The van der Waals surface area contributed by atoms with E-state index < -0.39 is 5.91 Å². The summed E-state index contributed by atoms with van der Waals surface area (Å²) in [5.74, 6) is -0.252. The molecule has 4 aromatic rings. The number of anilines is 1. The summed E-state index contributed by atoms with van der Waals surface area (Å²) < 4.78 is 15.0. The molecule has 0 aliphatic heterocycles. The quantitative estimate of drug-likeness (QED) is 0.509. The van der Waals surface area contributed by atoms with Crippen molar-refractivity contribution < 1.29 is 9.18 Å². The molecule has 1 aromatic heterocycles. The first-order valence-electron chi connectivity index (χ1n) is 9.59. The molecule has 5 nitrogen and oxygen atoms in total. The minimum atomic E-state index is -0.410. The molecule has 6 heteroatoms. The van der Waals surface area contributed by atoms with Crippen LogP contribution in [0.25, 0.3) is 17.1 Å². The Morgan fingerprint density at radius 2 is 1.60 bits per heavy atom. The Labute approximate surface area is 174 Å². The molecule has 0 saturated heterocycles. The van der Waals surface area contributed by atoms with E-state index in [-0.39, 0.29) is 11.6 Å². The van der Waals surface area contributed by atoms with Crippen LogP contribution in [0.2, 0.25) is 0 Å². The van der Waals surface area contributed by atoms with Crippen LogP contribution >= 0.6 is 0 Å². The van der Waals surface area contributed by atoms with E-state index in [2.05, 4.69) is 15.4 Å². The number of aromatic nitrogens is 3. The highest BCUT2D eigenvalue weighted by Gasteiger charge is 2.19. The van der Waals surface area contributed by atoms with Gasteiger partial charge in [-0.1, -0.05) is 23.8 Å². The van der Waals surface area contributed by atoms with Gasteiger partial charge in [0, 0.05) is 11.3 Å². The molecule has 0 saturated carbocycles. The van der Waals surface area contributed by atoms with Gasteiger partial charge in [-0.05, 0) is 80.4 Å². The van der Waals surface area contributed by atoms with Crippen LogP contribution in [0.3, 0.4) is 0 Å². The zero-order valence-corrected chi connectivity index (χ0v) is 17.0. The second kappa shape index (κ2) is 7.91. The number of nitrogens with zero attached hydrogens (tertiary/aromatic N) is 3.